The van der Waals surface area contributed by atoms with Gasteiger partial charge in [-0.25, -0.2) is 0 Å². The van der Waals surface area contributed by atoms with Crippen LogP contribution >= 0.6 is 11.3 Å². The van der Waals surface area contributed by atoms with Crippen LogP contribution in [0.5, 0.6) is 0 Å². The van der Waals surface area contributed by atoms with Gasteiger partial charge in [-0.15, -0.1) is 11.3 Å². The lowest BCUT2D eigenvalue weighted by molar-refractivity contribution is -0.134. The molecule has 0 aliphatic heterocycles. The van der Waals surface area contributed by atoms with Gasteiger partial charge >= 0.3 is 6.18 Å². The number of hydrogen-bond donors (Lipinski definition) is 0. The summed E-state index contributed by atoms with van der Waals surface area (Å²) in [6, 6.07) is 2.56. The lowest BCUT2D eigenvalue weighted by Gasteiger charge is -1.99. The molecule has 0 amide bonds. The maximum atomic E-state index is 11.8. The molecule has 0 nitrogen and oxygen atoms in total. The number of aryl methyl sites for hydroxylation is 1. The summed E-state index contributed by atoms with van der Waals surface area (Å²) in [7, 11) is 0. The predicted octanol–water partition coefficient (Wildman–Crippen LogP) is 4.10. The SMILES string of the molecule is CC.Cc1ccc(C(F)(F)F)s1. The average molecular weight is 196 g/mol. The van der Waals surface area contributed by atoms with E-state index in [1.807, 2.05) is 13.8 Å². The summed E-state index contributed by atoms with van der Waals surface area (Å²) in [6.45, 7) is 5.65. The van der Waals surface area contributed by atoms with E-state index >= 15 is 0 Å². The van der Waals surface area contributed by atoms with Crippen LogP contribution in [-0.4, -0.2) is 0 Å². The van der Waals surface area contributed by atoms with Gasteiger partial charge in [0.2, 0.25) is 0 Å². The van der Waals surface area contributed by atoms with Crippen LogP contribution in [0.4, 0.5) is 13.2 Å². The minimum atomic E-state index is -4.17. The van der Waals surface area contributed by atoms with Gasteiger partial charge in [0.05, 0.1) is 0 Å². The van der Waals surface area contributed by atoms with Crippen LogP contribution in [-0.2, 0) is 6.18 Å². The van der Waals surface area contributed by atoms with Gasteiger partial charge in [0.15, 0.2) is 0 Å². The standard InChI is InChI=1S/C6H5F3S.C2H6/c1-4-2-3-5(10-4)6(7,8)9;1-2/h2-3H,1H3;1-2H3. The van der Waals surface area contributed by atoms with E-state index in [1.54, 1.807) is 6.92 Å². The molecule has 0 radical (unpaired) electrons. The van der Waals surface area contributed by atoms with Gasteiger partial charge in [-0.2, -0.15) is 13.2 Å². The Morgan fingerprint density at radius 3 is 1.83 bits per heavy atom. The van der Waals surface area contributed by atoms with Crippen molar-refractivity contribution in [1.29, 1.82) is 0 Å². The highest BCUT2D eigenvalue weighted by Crippen LogP contribution is 2.33. The minimum absolute atomic E-state index is 0.523. The average Bonchev–Trinajstić information content (AvgIpc) is 2.39. The second-order valence-electron chi connectivity index (χ2n) is 1.91. The largest absolute Gasteiger partial charge is 0.425 e. The Bertz CT molecular complexity index is 224. The fraction of sp³-hybridized carbons (Fsp3) is 0.500. The van der Waals surface area contributed by atoms with E-state index in [9.17, 15) is 13.2 Å². The van der Waals surface area contributed by atoms with E-state index in [1.165, 1.54) is 6.07 Å². The highest BCUT2D eigenvalue weighted by atomic mass is 32.1. The summed E-state index contributed by atoms with van der Waals surface area (Å²) in [6.07, 6.45) is -4.17. The summed E-state index contributed by atoms with van der Waals surface area (Å²) in [5, 5.41) is 0. The summed E-state index contributed by atoms with van der Waals surface area (Å²) in [5.74, 6) is 0. The van der Waals surface area contributed by atoms with Crippen molar-refractivity contribution in [3.8, 4) is 0 Å². The number of thiophene rings is 1. The van der Waals surface area contributed by atoms with Crippen LogP contribution in [0.1, 0.15) is 23.6 Å². The molecule has 0 fully saturated rings. The molecule has 0 atom stereocenters. The normalized spacial score (nSPS) is 10.5. The molecule has 4 heteroatoms. The van der Waals surface area contributed by atoms with Crippen molar-refractivity contribution in [1.82, 2.24) is 0 Å². The van der Waals surface area contributed by atoms with Gasteiger partial charge in [-0.3, -0.25) is 0 Å². The fourth-order valence-electron chi connectivity index (χ4n) is 0.587. The number of alkyl halides is 3. The molecule has 1 heterocycles. The zero-order valence-corrected chi connectivity index (χ0v) is 8.01. The maximum absolute atomic E-state index is 11.8. The third-order valence-electron chi connectivity index (χ3n) is 1.02. The van der Waals surface area contributed by atoms with E-state index in [0.717, 1.165) is 17.4 Å². The molecule has 12 heavy (non-hydrogen) atoms. The quantitative estimate of drug-likeness (QED) is 0.586. The van der Waals surface area contributed by atoms with E-state index in [-0.39, 0.29) is 0 Å². The van der Waals surface area contributed by atoms with Gasteiger partial charge < -0.3 is 0 Å². The van der Waals surface area contributed by atoms with Crippen molar-refractivity contribution in [2.75, 3.05) is 0 Å². The Morgan fingerprint density at radius 1 is 1.17 bits per heavy atom. The Labute approximate surface area is 74.0 Å². The van der Waals surface area contributed by atoms with Crippen molar-refractivity contribution in [2.45, 2.75) is 26.9 Å². The molecule has 0 spiro atoms. The van der Waals surface area contributed by atoms with E-state index < -0.39 is 11.1 Å². The Morgan fingerprint density at radius 2 is 1.67 bits per heavy atom. The fourth-order valence-corrected chi connectivity index (χ4v) is 1.32. The van der Waals surface area contributed by atoms with Crippen molar-refractivity contribution in [3.05, 3.63) is 21.9 Å². The first-order valence-electron chi connectivity index (χ1n) is 3.64. The summed E-state index contributed by atoms with van der Waals surface area (Å²) in [5.41, 5.74) is 0. The molecule has 1 aromatic rings. The summed E-state index contributed by atoms with van der Waals surface area (Å²) in [4.78, 5) is 0.164. The lowest BCUT2D eigenvalue weighted by atomic mass is 10.4. The van der Waals surface area contributed by atoms with E-state index in [4.69, 9.17) is 0 Å². The van der Waals surface area contributed by atoms with Crippen molar-refractivity contribution in [2.24, 2.45) is 0 Å². The van der Waals surface area contributed by atoms with Crippen LogP contribution in [0.3, 0.4) is 0 Å². The molecule has 0 aliphatic carbocycles. The second kappa shape index (κ2) is 4.50. The predicted molar refractivity (Wildman–Crippen MR) is 45.4 cm³/mol. The number of hydrogen-bond acceptors (Lipinski definition) is 1. The van der Waals surface area contributed by atoms with Crippen molar-refractivity contribution in [3.63, 3.8) is 0 Å². The molecular weight excluding hydrogens is 185 g/mol. The Kier molecular flexibility index (Phi) is 4.31. The van der Waals surface area contributed by atoms with Crippen LogP contribution in [0.15, 0.2) is 12.1 Å². The number of halogens is 3. The first-order chi connectivity index (χ1) is 5.50. The molecule has 0 aromatic carbocycles. The molecule has 0 unspecified atom stereocenters. The van der Waals surface area contributed by atoms with Crippen LogP contribution < -0.4 is 0 Å². The molecule has 70 valence electrons. The minimum Gasteiger partial charge on any atom is -0.165 e. The van der Waals surface area contributed by atoms with Crippen molar-refractivity contribution >= 4 is 11.3 Å². The Balaban J connectivity index is 0.000000561. The van der Waals surface area contributed by atoms with Crippen LogP contribution in [0.2, 0.25) is 0 Å². The first kappa shape index (κ1) is 11.5. The Hall–Kier alpha value is -0.510. The van der Waals surface area contributed by atoms with Crippen molar-refractivity contribution < 1.29 is 13.2 Å². The first-order valence-corrected chi connectivity index (χ1v) is 4.45. The molecule has 0 saturated heterocycles. The third kappa shape index (κ3) is 3.26. The molecule has 1 rings (SSSR count). The summed E-state index contributed by atoms with van der Waals surface area (Å²) < 4.78 is 35.4. The summed E-state index contributed by atoms with van der Waals surface area (Å²) >= 11 is 0.770. The van der Waals surface area contributed by atoms with Crippen LogP contribution in [0.25, 0.3) is 0 Å². The zero-order valence-electron chi connectivity index (χ0n) is 7.20. The molecular formula is C8H11F3S. The zero-order chi connectivity index (χ0) is 9.78. The second-order valence-corrected chi connectivity index (χ2v) is 3.20. The van der Waals surface area contributed by atoms with Gasteiger partial charge in [0.1, 0.15) is 4.88 Å². The molecule has 1 aromatic heterocycles. The van der Waals surface area contributed by atoms with E-state index in [2.05, 4.69) is 0 Å². The molecule has 0 N–H and O–H groups in total. The lowest BCUT2D eigenvalue weighted by Crippen LogP contribution is -2.00. The highest BCUT2D eigenvalue weighted by Gasteiger charge is 2.31. The molecule has 0 saturated carbocycles. The molecule has 0 bridgehead atoms. The van der Waals surface area contributed by atoms with E-state index in [0.29, 0.717) is 4.88 Å². The topological polar surface area (TPSA) is 0 Å². The van der Waals surface area contributed by atoms with Gasteiger partial charge in [0, 0.05) is 4.88 Å². The molecule has 0 aliphatic rings. The van der Waals surface area contributed by atoms with Gasteiger partial charge in [-0.1, -0.05) is 13.8 Å². The monoisotopic (exact) mass is 196 g/mol. The van der Waals surface area contributed by atoms with Gasteiger partial charge in [0.25, 0.3) is 0 Å². The van der Waals surface area contributed by atoms with Crippen LogP contribution in [0, 0.1) is 6.92 Å². The maximum Gasteiger partial charge on any atom is 0.425 e. The smallest absolute Gasteiger partial charge is 0.165 e. The van der Waals surface area contributed by atoms with Gasteiger partial charge in [-0.05, 0) is 19.1 Å². The third-order valence-corrected chi connectivity index (χ3v) is 2.07. The highest BCUT2D eigenvalue weighted by molar-refractivity contribution is 7.12. The number of rotatable bonds is 0.